The molecular formula is C14H15BrClN3O2. The average molecular weight is 373 g/mol. The van der Waals surface area contributed by atoms with E-state index >= 15 is 0 Å². The van der Waals surface area contributed by atoms with E-state index in [0.717, 1.165) is 15.6 Å². The monoisotopic (exact) mass is 371 g/mol. The van der Waals surface area contributed by atoms with Crippen molar-refractivity contribution in [1.29, 1.82) is 0 Å². The molecule has 1 aromatic carbocycles. The molecule has 0 amide bonds. The summed E-state index contributed by atoms with van der Waals surface area (Å²) in [6.07, 6.45) is -0.0616. The van der Waals surface area contributed by atoms with Crippen molar-refractivity contribution in [2.45, 2.75) is 33.8 Å². The second-order valence-electron chi connectivity index (χ2n) is 4.81. The van der Waals surface area contributed by atoms with Crippen LogP contribution in [0.3, 0.4) is 0 Å². The fourth-order valence-corrected chi connectivity index (χ4v) is 2.07. The second kappa shape index (κ2) is 6.58. The normalized spacial score (nSPS) is 10.8. The van der Waals surface area contributed by atoms with Gasteiger partial charge in [0, 0.05) is 4.47 Å². The molecule has 0 aliphatic carbocycles. The molecule has 0 N–H and O–H groups in total. The highest BCUT2D eigenvalue weighted by Crippen LogP contribution is 2.29. The number of benzene rings is 1. The molecule has 0 saturated carbocycles. The Kier molecular flexibility index (Phi) is 5.00. The summed E-state index contributed by atoms with van der Waals surface area (Å²) in [6, 6.07) is 4.02. The van der Waals surface area contributed by atoms with Gasteiger partial charge in [-0.05, 0) is 62.6 Å². The first-order valence-corrected chi connectivity index (χ1v) is 7.55. The van der Waals surface area contributed by atoms with Gasteiger partial charge in [0.15, 0.2) is 0 Å². The molecule has 1 aromatic heterocycles. The molecule has 2 aromatic rings. The minimum absolute atomic E-state index is 0.0289. The number of rotatable bonds is 4. The van der Waals surface area contributed by atoms with Crippen molar-refractivity contribution in [3.8, 4) is 17.8 Å². The van der Waals surface area contributed by atoms with Crippen molar-refractivity contribution in [3.63, 3.8) is 0 Å². The zero-order chi connectivity index (χ0) is 15.6. The van der Waals surface area contributed by atoms with Crippen LogP contribution in [0.2, 0.25) is 5.28 Å². The summed E-state index contributed by atoms with van der Waals surface area (Å²) in [7, 11) is 0. The molecule has 0 fully saturated rings. The smallest absolute Gasteiger partial charge is 0.329 e. The van der Waals surface area contributed by atoms with Crippen molar-refractivity contribution >= 4 is 27.5 Å². The molecule has 0 unspecified atom stereocenters. The van der Waals surface area contributed by atoms with E-state index < -0.39 is 0 Å². The quantitative estimate of drug-likeness (QED) is 0.791. The van der Waals surface area contributed by atoms with E-state index in [0.29, 0.717) is 5.75 Å². The SMILES string of the molecule is Cc1cc(Oc2nc(Cl)nc(OC(C)C)n2)cc(C)c1Br. The number of nitrogens with zero attached hydrogens (tertiary/aromatic N) is 3. The van der Waals surface area contributed by atoms with Crippen LogP contribution >= 0.6 is 27.5 Å². The summed E-state index contributed by atoms with van der Waals surface area (Å²) in [4.78, 5) is 11.9. The molecule has 0 bridgehead atoms. The molecule has 5 nitrogen and oxygen atoms in total. The van der Waals surface area contributed by atoms with Gasteiger partial charge in [0.2, 0.25) is 5.28 Å². The molecule has 112 valence electrons. The van der Waals surface area contributed by atoms with Gasteiger partial charge in [-0.25, -0.2) is 0 Å². The minimum Gasteiger partial charge on any atom is -0.461 e. The predicted molar refractivity (Wildman–Crippen MR) is 84.3 cm³/mol. The lowest BCUT2D eigenvalue weighted by molar-refractivity contribution is 0.218. The first-order valence-electron chi connectivity index (χ1n) is 6.38. The maximum Gasteiger partial charge on any atom is 0.329 e. The van der Waals surface area contributed by atoms with Crippen LogP contribution in [0.4, 0.5) is 0 Å². The lowest BCUT2D eigenvalue weighted by Crippen LogP contribution is -2.09. The maximum absolute atomic E-state index is 5.86. The van der Waals surface area contributed by atoms with Gasteiger partial charge in [-0.3, -0.25) is 0 Å². The molecule has 7 heteroatoms. The van der Waals surface area contributed by atoms with E-state index in [-0.39, 0.29) is 23.4 Å². The van der Waals surface area contributed by atoms with Crippen LogP contribution in [0.25, 0.3) is 0 Å². The highest BCUT2D eigenvalue weighted by atomic mass is 79.9. The molecule has 2 rings (SSSR count). The number of aromatic nitrogens is 3. The third-order valence-electron chi connectivity index (χ3n) is 2.53. The van der Waals surface area contributed by atoms with Crippen LogP contribution in [-0.4, -0.2) is 21.1 Å². The Balaban J connectivity index is 2.29. The Hall–Kier alpha value is -1.40. The van der Waals surface area contributed by atoms with Gasteiger partial charge in [0.1, 0.15) is 5.75 Å². The highest BCUT2D eigenvalue weighted by molar-refractivity contribution is 9.10. The van der Waals surface area contributed by atoms with Crippen LogP contribution < -0.4 is 9.47 Å². The Morgan fingerprint density at radius 1 is 1.05 bits per heavy atom. The van der Waals surface area contributed by atoms with Gasteiger partial charge < -0.3 is 9.47 Å². The van der Waals surface area contributed by atoms with Crippen molar-refractivity contribution in [1.82, 2.24) is 15.0 Å². The van der Waals surface area contributed by atoms with Crippen molar-refractivity contribution in [2.24, 2.45) is 0 Å². The fourth-order valence-electron chi connectivity index (χ4n) is 1.69. The third kappa shape index (κ3) is 4.28. The summed E-state index contributed by atoms with van der Waals surface area (Å²) in [5, 5.41) is 0.0289. The van der Waals surface area contributed by atoms with Crippen LogP contribution in [-0.2, 0) is 0 Å². The predicted octanol–water partition coefficient (Wildman–Crippen LogP) is 4.48. The van der Waals surface area contributed by atoms with E-state index in [2.05, 4.69) is 30.9 Å². The summed E-state index contributed by atoms with van der Waals surface area (Å²) < 4.78 is 12.1. The van der Waals surface area contributed by atoms with Gasteiger partial charge in [-0.2, -0.15) is 9.97 Å². The summed E-state index contributed by atoms with van der Waals surface area (Å²) in [5.74, 6) is 0.631. The van der Waals surface area contributed by atoms with Crippen molar-refractivity contribution in [2.75, 3.05) is 0 Å². The highest BCUT2D eigenvalue weighted by Gasteiger charge is 2.11. The van der Waals surface area contributed by atoms with Gasteiger partial charge in [-0.15, -0.1) is 4.98 Å². The molecule has 0 spiro atoms. The molecule has 21 heavy (non-hydrogen) atoms. The van der Waals surface area contributed by atoms with Crippen LogP contribution in [0.1, 0.15) is 25.0 Å². The molecule has 0 radical (unpaired) electrons. The lowest BCUT2D eigenvalue weighted by Gasteiger charge is -2.10. The summed E-state index contributed by atoms with van der Waals surface area (Å²) in [5.41, 5.74) is 2.12. The number of hydrogen-bond donors (Lipinski definition) is 0. The van der Waals surface area contributed by atoms with Crippen LogP contribution in [0.5, 0.6) is 17.8 Å². The Morgan fingerprint density at radius 3 is 2.19 bits per heavy atom. The molecule has 0 atom stereocenters. The van der Waals surface area contributed by atoms with Crippen LogP contribution in [0, 0.1) is 13.8 Å². The van der Waals surface area contributed by atoms with Gasteiger partial charge in [0.05, 0.1) is 6.10 Å². The Bertz CT molecular complexity index is 642. The fraction of sp³-hybridized carbons (Fsp3) is 0.357. The Morgan fingerprint density at radius 2 is 1.62 bits per heavy atom. The second-order valence-corrected chi connectivity index (χ2v) is 5.94. The molecule has 0 saturated heterocycles. The topological polar surface area (TPSA) is 57.1 Å². The van der Waals surface area contributed by atoms with E-state index in [1.54, 1.807) is 0 Å². The summed E-state index contributed by atoms with van der Waals surface area (Å²) in [6.45, 7) is 7.72. The van der Waals surface area contributed by atoms with Gasteiger partial charge >= 0.3 is 12.0 Å². The van der Waals surface area contributed by atoms with Gasteiger partial charge in [-0.1, -0.05) is 15.9 Å². The standard InChI is InChI=1S/C14H15BrClN3O2/c1-7(2)20-13-17-12(16)18-14(19-13)21-10-5-8(3)11(15)9(4)6-10/h5-7H,1-4H3. The molecule has 1 heterocycles. The van der Waals surface area contributed by atoms with Crippen molar-refractivity contribution < 1.29 is 9.47 Å². The summed E-state index contributed by atoms with van der Waals surface area (Å²) >= 11 is 9.37. The van der Waals surface area contributed by atoms with E-state index in [4.69, 9.17) is 21.1 Å². The molecule has 0 aliphatic heterocycles. The van der Waals surface area contributed by atoms with E-state index in [1.807, 2.05) is 39.8 Å². The van der Waals surface area contributed by atoms with Crippen molar-refractivity contribution in [3.05, 3.63) is 33.0 Å². The molecular weight excluding hydrogens is 358 g/mol. The minimum atomic E-state index is -0.0616. The first-order chi connectivity index (χ1) is 9.85. The van der Waals surface area contributed by atoms with Gasteiger partial charge in [0.25, 0.3) is 0 Å². The number of ether oxygens (including phenoxy) is 2. The number of hydrogen-bond acceptors (Lipinski definition) is 5. The van der Waals surface area contributed by atoms with E-state index in [9.17, 15) is 0 Å². The molecule has 0 aliphatic rings. The number of aryl methyl sites for hydroxylation is 2. The first kappa shape index (κ1) is 16.0. The average Bonchev–Trinajstić information content (AvgIpc) is 2.34. The third-order valence-corrected chi connectivity index (χ3v) is 3.95. The van der Waals surface area contributed by atoms with E-state index in [1.165, 1.54) is 0 Å². The Labute approximate surface area is 136 Å². The largest absolute Gasteiger partial charge is 0.461 e. The maximum atomic E-state index is 5.86. The zero-order valence-electron chi connectivity index (χ0n) is 12.1. The number of halogens is 2. The lowest BCUT2D eigenvalue weighted by atomic mass is 10.1. The zero-order valence-corrected chi connectivity index (χ0v) is 14.5. The van der Waals surface area contributed by atoms with Crippen LogP contribution in [0.15, 0.2) is 16.6 Å².